The molecule has 0 unspecified atom stereocenters. The second kappa shape index (κ2) is 8.39. The lowest BCUT2D eigenvalue weighted by Crippen LogP contribution is -2.43. The molecule has 2 rings (SSSR count). The number of aromatic hydroxyl groups is 1. The average Bonchev–Trinajstić information content (AvgIpc) is 2.63. The lowest BCUT2D eigenvalue weighted by Gasteiger charge is -2.36. The Labute approximate surface area is 170 Å². The Morgan fingerprint density at radius 2 is 1.71 bits per heavy atom. The van der Waals surface area contributed by atoms with E-state index in [0.717, 1.165) is 11.1 Å². The summed E-state index contributed by atoms with van der Waals surface area (Å²) in [6.07, 6.45) is 0.582. The van der Waals surface area contributed by atoms with Crippen LogP contribution in [-0.2, 0) is 6.42 Å². The maximum atomic E-state index is 12.2. The third-order valence-electron chi connectivity index (χ3n) is 5.67. The Kier molecular flexibility index (Phi) is 6.60. The van der Waals surface area contributed by atoms with Crippen LogP contribution >= 0.6 is 0 Å². The summed E-state index contributed by atoms with van der Waals surface area (Å²) in [6.45, 7) is 13.5. The predicted molar refractivity (Wildman–Crippen MR) is 118 cm³/mol. The highest BCUT2D eigenvalue weighted by Gasteiger charge is 2.39. The minimum absolute atomic E-state index is 0.0154. The van der Waals surface area contributed by atoms with Crippen molar-refractivity contribution in [2.75, 3.05) is 13.6 Å². The van der Waals surface area contributed by atoms with Crippen molar-refractivity contribution in [3.63, 3.8) is 0 Å². The molecule has 2 aromatic carbocycles. The van der Waals surface area contributed by atoms with Gasteiger partial charge in [0.15, 0.2) is 5.75 Å². The number of carbonyl (C=O) groups is 1. The van der Waals surface area contributed by atoms with Crippen LogP contribution in [0.2, 0.25) is 18.1 Å². The van der Waals surface area contributed by atoms with E-state index in [4.69, 9.17) is 4.43 Å². The molecule has 0 aliphatic rings. The SMILES string of the molecule is CCN(C)C(=O)c1ccc(Cc2cccc(O[Si](C)(C)C(C)(C)C)c2O)cc1. The number of nitrogens with zero attached hydrogens (tertiary/aromatic N) is 1. The van der Waals surface area contributed by atoms with E-state index < -0.39 is 8.32 Å². The zero-order valence-electron chi connectivity index (χ0n) is 18.2. The third-order valence-corrected chi connectivity index (χ3v) is 10.0. The van der Waals surface area contributed by atoms with E-state index in [1.54, 1.807) is 11.9 Å². The minimum Gasteiger partial charge on any atom is -0.541 e. The van der Waals surface area contributed by atoms with Gasteiger partial charge < -0.3 is 14.4 Å². The molecule has 1 amide bonds. The molecule has 28 heavy (non-hydrogen) atoms. The zero-order valence-corrected chi connectivity index (χ0v) is 19.2. The number of amides is 1. The number of carbonyl (C=O) groups excluding carboxylic acids is 1. The molecule has 0 saturated carbocycles. The first-order chi connectivity index (χ1) is 13.0. The van der Waals surface area contributed by atoms with Crippen molar-refractivity contribution in [2.45, 2.75) is 52.2 Å². The summed E-state index contributed by atoms with van der Waals surface area (Å²) in [5, 5.41) is 10.8. The van der Waals surface area contributed by atoms with Gasteiger partial charge in [0.2, 0.25) is 0 Å². The van der Waals surface area contributed by atoms with Crippen LogP contribution in [0.1, 0.15) is 49.2 Å². The van der Waals surface area contributed by atoms with Crippen molar-refractivity contribution < 1.29 is 14.3 Å². The Morgan fingerprint density at radius 1 is 1.11 bits per heavy atom. The number of benzene rings is 2. The quantitative estimate of drug-likeness (QED) is 0.656. The summed E-state index contributed by atoms with van der Waals surface area (Å²) in [7, 11) is -0.235. The van der Waals surface area contributed by atoms with Gasteiger partial charge in [-0.15, -0.1) is 0 Å². The molecule has 0 spiro atoms. The molecular formula is C23H33NO3Si. The van der Waals surface area contributed by atoms with Crippen molar-refractivity contribution in [2.24, 2.45) is 0 Å². The van der Waals surface area contributed by atoms with E-state index in [0.29, 0.717) is 24.3 Å². The first-order valence-corrected chi connectivity index (χ1v) is 12.7. The zero-order chi connectivity index (χ0) is 21.1. The van der Waals surface area contributed by atoms with Gasteiger partial charge in [0.05, 0.1) is 0 Å². The van der Waals surface area contributed by atoms with Gasteiger partial charge in [0.1, 0.15) is 5.75 Å². The van der Waals surface area contributed by atoms with Crippen LogP contribution in [-0.4, -0.2) is 37.8 Å². The topological polar surface area (TPSA) is 49.8 Å². The highest BCUT2D eigenvalue weighted by atomic mass is 28.4. The van der Waals surface area contributed by atoms with E-state index in [-0.39, 0.29) is 16.7 Å². The van der Waals surface area contributed by atoms with Gasteiger partial charge in [-0.25, -0.2) is 0 Å². The van der Waals surface area contributed by atoms with Crippen LogP contribution in [0.5, 0.6) is 11.5 Å². The van der Waals surface area contributed by atoms with E-state index >= 15 is 0 Å². The highest BCUT2D eigenvalue weighted by Crippen LogP contribution is 2.40. The van der Waals surface area contributed by atoms with Crippen molar-refractivity contribution in [3.05, 3.63) is 59.2 Å². The second-order valence-electron chi connectivity index (χ2n) is 8.82. The van der Waals surface area contributed by atoms with Crippen LogP contribution in [0.15, 0.2) is 42.5 Å². The predicted octanol–water partition coefficient (Wildman–Crippen LogP) is 5.46. The molecule has 0 fully saturated rings. The van der Waals surface area contributed by atoms with Gasteiger partial charge in [-0.1, -0.05) is 45.0 Å². The van der Waals surface area contributed by atoms with Crippen molar-refractivity contribution in [1.29, 1.82) is 0 Å². The molecule has 4 nitrogen and oxygen atoms in total. The number of para-hydroxylation sites is 1. The maximum Gasteiger partial charge on any atom is 0.253 e. The molecule has 0 aliphatic heterocycles. The van der Waals surface area contributed by atoms with Crippen molar-refractivity contribution in [1.82, 2.24) is 4.90 Å². The summed E-state index contributed by atoms with van der Waals surface area (Å²) in [5.74, 6) is 0.778. The Hall–Kier alpha value is -2.27. The molecule has 2 aromatic rings. The summed E-state index contributed by atoms with van der Waals surface area (Å²) >= 11 is 0. The van der Waals surface area contributed by atoms with E-state index in [1.807, 2.05) is 49.4 Å². The molecule has 0 saturated heterocycles. The van der Waals surface area contributed by atoms with Crippen LogP contribution < -0.4 is 4.43 Å². The molecule has 5 heteroatoms. The van der Waals surface area contributed by atoms with Crippen LogP contribution in [0.25, 0.3) is 0 Å². The largest absolute Gasteiger partial charge is 0.541 e. The van der Waals surface area contributed by atoms with E-state index in [1.165, 1.54) is 0 Å². The third kappa shape index (κ3) is 4.96. The van der Waals surface area contributed by atoms with Gasteiger partial charge >= 0.3 is 0 Å². The molecular weight excluding hydrogens is 366 g/mol. The number of hydrogen-bond acceptors (Lipinski definition) is 3. The highest BCUT2D eigenvalue weighted by molar-refractivity contribution is 6.74. The summed E-state index contributed by atoms with van der Waals surface area (Å²) < 4.78 is 6.30. The lowest BCUT2D eigenvalue weighted by molar-refractivity contribution is 0.0802. The molecule has 0 aliphatic carbocycles. The Balaban J connectivity index is 2.20. The molecule has 152 valence electrons. The fourth-order valence-corrected chi connectivity index (χ4v) is 3.59. The van der Waals surface area contributed by atoms with Crippen molar-refractivity contribution >= 4 is 14.2 Å². The second-order valence-corrected chi connectivity index (χ2v) is 13.5. The standard InChI is InChI=1S/C23H33NO3Si/c1-8-24(5)22(26)18-14-12-17(13-15-18)16-19-10-9-11-20(21(19)25)27-28(6,7)23(2,3)4/h9-15,25H,8,16H2,1-7H3. The fraction of sp³-hybridized carbons (Fsp3) is 0.435. The van der Waals surface area contributed by atoms with Crippen LogP contribution in [0.3, 0.4) is 0 Å². The summed E-state index contributed by atoms with van der Waals surface area (Å²) in [4.78, 5) is 13.9. The Morgan fingerprint density at radius 3 is 2.25 bits per heavy atom. The van der Waals surface area contributed by atoms with Gasteiger partial charge in [-0.2, -0.15) is 0 Å². The molecule has 0 bridgehead atoms. The number of hydrogen-bond donors (Lipinski definition) is 1. The minimum atomic E-state index is -2.03. The first kappa shape index (κ1) is 22.0. The number of rotatable bonds is 6. The van der Waals surface area contributed by atoms with Crippen LogP contribution in [0, 0.1) is 0 Å². The fourth-order valence-electron chi connectivity index (χ4n) is 2.57. The molecule has 0 radical (unpaired) electrons. The molecule has 0 heterocycles. The summed E-state index contributed by atoms with van der Waals surface area (Å²) in [5.41, 5.74) is 2.53. The van der Waals surface area contributed by atoms with E-state index in [9.17, 15) is 9.90 Å². The average molecular weight is 400 g/mol. The maximum absolute atomic E-state index is 12.2. The first-order valence-electron chi connectivity index (χ1n) is 9.80. The van der Waals surface area contributed by atoms with Gasteiger partial charge in [-0.05, 0) is 48.8 Å². The van der Waals surface area contributed by atoms with Gasteiger partial charge in [-0.3, -0.25) is 4.79 Å². The van der Waals surface area contributed by atoms with Gasteiger partial charge in [0.25, 0.3) is 14.2 Å². The molecule has 1 N–H and O–H groups in total. The normalized spacial score (nSPS) is 12.0. The van der Waals surface area contributed by atoms with E-state index in [2.05, 4.69) is 33.9 Å². The number of phenolic OH excluding ortho intramolecular Hbond substituents is 1. The summed E-state index contributed by atoms with van der Waals surface area (Å²) in [6, 6.07) is 13.2. The smallest absolute Gasteiger partial charge is 0.253 e. The molecule has 0 atom stereocenters. The van der Waals surface area contributed by atoms with Gasteiger partial charge in [0, 0.05) is 31.1 Å². The lowest BCUT2D eigenvalue weighted by atomic mass is 10.0. The Bertz CT molecular complexity index is 823. The van der Waals surface area contributed by atoms with Crippen LogP contribution in [0.4, 0.5) is 0 Å². The number of phenols is 1. The monoisotopic (exact) mass is 399 g/mol. The van der Waals surface area contributed by atoms with Crippen molar-refractivity contribution in [3.8, 4) is 11.5 Å². The molecule has 0 aromatic heterocycles.